The van der Waals surface area contributed by atoms with Crippen LogP contribution in [0.25, 0.3) is 0 Å². The summed E-state index contributed by atoms with van der Waals surface area (Å²) < 4.78 is 5.78. The second-order valence-corrected chi connectivity index (χ2v) is 6.25. The third kappa shape index (κ3) is 5.59. The highest BCUT2D eigenvalue weighted by Crippen LogP contribution is 2.16. The topological polar surface area (TPSA) is 76.7 Å². The lowest BCUT2D eigenvalue weighted by atomic mass is 10.2. The lowest BCUT2D eigenvalue weighted by Gasteiger charge is -2.07. The summed E-state index contributed by atoms with van der Waals surface area (Å²) in [6, 6.07) is 21.6. The Morgan fingerprint density at radius 2 is 1.85 bits per heavy atom. The second-order valence-electron chi connectivity index (χ2n) is 5.81. The molecule has 0 atom stereocenters. The summed E-state index contributed by atoms with van der Waals surface area (Å²) >= 11 is 5.88. The van der Waals surface area contributed by atoms with Crippen LogP contribution < -0.4 is 15.9 Å². The van der Waals surface area contributed by atoms with Gasteiger partial charge < -0.3 is 10.5 Å². The van der Waals surface area contributed by atoms with Gasteiger partial charge in [-0.1, -0.05) is 41.9 Å². The Kier molecular flexibility index (Phi) is 6.07. The number of amides is 1. The SMILES string of the molecule is Nc1cccc(C(=O)N/N=C\c2cccc(OCc3ccc(Cl)cc3)c2)c1. The first-order valence-electron chi connectivity index (χ1n) is 8.26. The van der Waals surface area contributed by atoms with Crippen LogP contribution in [-0.4, -0.2) is 12.1 Å². The molecule has 0 spiro atoms. The predicted octanol–water partition coefficient (Wildman–Crippen LogP) is 4.27. The minimum atomic E-state index is -0.325. The van der Waals surface area contributed by atoms with Crippen LogP contribution in [-0.2, 0) is 6.61 Å². The first-order valence-corrected chi connectivity index (χ1v) is 8.64. The molecule has 0 fully saturated rings. The van der Waals surface area contributed by atoms with Crippen molar-refractivity contribution < 1.29 is 9.53 Å². The summed E-state index contributed by atoms with van der Waals surface area (Å²) in [5.41, 5.74) is 11.0. The van der Waals surface area contributed by atoms with E-state index in [9.17, 15) is 4.79 Å². The van der Waals surface area contributed by atoms with Crippen molar-refractivity contribution in [1.29, 1.82) is 0 Å². The lowest BCUT2D eigenvalue weighted by molar-refractivity contribution is 0.0955. The highest BCUT2D eigenvalue weighted by Gasteiger charge is 2.03. The normalized spacial score (nSPS) is 10.7. The number of hydrogen-bond acceptors (Lipinski definition) is 4. The minimum Gasteiger partial charge on any atom is -0.489 e. The molecule has 0 radical (unpaired) electrons. The van der Waals surface area contributed by atoms with Gasteiger partial charge in [0, 0.05) is 16.3 Å². The standard InChI is InChI=1S/C21H18ClN3O2/c22-18-9-7-15(8-10-18)14-27-20-6-1-3-16(11-20)13-24-25-21(26)17-4-2-5-19(23)12-17/h1-13H,14,23H2,(H,25,26)/b24-13-. The lowest BCUT2D eigenvalue weighted by Crippen LogP contribution is -2.17. The first kappa shape index (κ1) is 18.5. The average Bonchev–Trinajstić information content (AvgIpc) is 2.68. The van der Waals surface area contributed by atoms with Crippen molar-refractivity contribution in [3.8, 4) is 5.75 Å². The monoisotopic (exact) mass is 379 g/mol. The number of rotatable bonds is 6. The van der Waals surface area contributed by atoms with Gasteiger partial charge in [0.25, 0.3) is 5.91 Å². The van der Waals surface area contributed by atoms with Crippen molar-refractivity contribution >= 4 is 29.4 Å². The van der Waals surface area contributed by atoms with Crippen molar-refractivity contribution in [2.75, 3.05) is 5.73 Å². The van der Waals surface area contributed by atoms with Gasteiger partial charge in [0.2, 0.25) is 0 Å². The Morgan fingerprint density at radius 3 is 2.63 bits per heavy atom. The van der Waals surface area contributed by atoms with Crippen LogP contribution in [0.1, 0.15) is 21.5 Å². The summed E-state index contributed by atoms with van der Waals surface area (Å²) in [7, 11) is 0. The molecule has 3 aromatic carbocycles. The second kappa shape index (κ2) is 8.87. The molecule has 0 bridgehead atoms. The van der Waals surface area contributed by atoms with Crippen molar-refractivity contribution in [1.82, 2.24) is 5.43 Å². The number of nitrogens with zero attached hydrogens (tertiary/aromatic N) is 1. The van der Waals surface area contributed by atoms with E-state index in [0.29, 0.717) is 28.6 Å². The zero-order chi connectivity index (χ0) is 19.1. The molecule has 1 amide bonds. The largest absolute Gasteiger partial charge is 0.489 e. The fourth-order valence-corrected chi connectivity index (χ4v) is 2.47. The summed E-state index contributed by atoms with van der Waals surface area (Å²) in [4.78, 5) is 12.0. The van der Waals surface area contributed by atoms with Crippen LogP contribution in [0.3, 0.4) is 0 Å². The van der Waals surface area contributed by atoms with Crippen molar-refractivity contribution in [3.05, 3.63) is 94.5 Å². The number of nitrogens with two attached hydrogens (primary N) is 1. The van der Waals surface area contributed by atoms with Gasteiger partial charge in [0.15, 0.2) is 0 Å². The van der Waals surface area contributed by atoms with E-state index in [4.69, 9.17) is 22.1 Å². The van der Waals surface area contributed by atoms with Crippen LogP contribution in [0.4, 0.5) is 5.69 Å². The van der Waals surface area contributed by atoms with Gasteiger partial charge in [-0.05, 0) is 53.6 Å². The number of hydrogen-bond donors (Lipinski definition) is 2. The summed E-state index contributed by atoms with van der Waals surface area (Å²) in [6.07, 6.45) is 1.55. The van der Waals surface area contributed by atoms with Gasteiger partial charge >= 0.3 is 0 Å². The van der Waals surface area contributed by atoms with E-state index < -0.39 is 0 Å². The Morgan fingerprint density at radius 1 is 1.07 bits per heavy atom. The van der Waals surface area contributed by atoms with Crippen molar-refractivity contribution in [2.45, 2.75) is 6.61 Å². The molecule has 3 N–H and O–H groups in total. The van der Waals surface area contributed by atoms with Crippen LogP contribution in [0.5, 0.6) is 5.75 Å². The Hall–Kier alpha value is -3.31. The Balaban J connectivity index is 1.57. The molecule has 0 aliphatic rings. The van der Waals surface area contributed by atoms with Gasteiger partial charge in [-0.3, -0.25) is 4.79 Å². The number of carbonyl (C=O) groups is 1. The third-order valence-electron chi connectivity index (χ3n) is 3.71. The van der Waals surface area contributed by atoms with Crippen LogP contribution >= 0.6 is 11.6 Å². The molecular weight excluding hydrogens is 362 g/mol. The molecule has 27 heavy (non-hydrogen) atoms. The fourth-order valence-electron chi connectivity index (χ4n) is 2.34. The van der Waals surface area contributed by atoms with E-state index in [1.807, 2.05) is 48.5 Å². The van der Waals surface area contributed by atoms with Crippen LogP contribution in [0.2, 0.25) is 5.02 Å². The molecule has 136 valence electrons. The number of nitrogens with one attached hydrogen (secondary N) is 1. The van der Waals surface area contributed by atoms with Gasteiger partial charge in [0.05, 0.1) is 6.21 Å². The fraction of sp³-hybridized carbons (Fsp3) is 0.0476. The van der Waals surface area contributed by atoms with E-state index in [1.165, 1.54) is 0 Å². The van der Waals surface area contributed by atoms with E-state index >= 15 is 0 Å². The molecule has 0 saturated carbocycles. The number of halogens is 1. The van der Waals surface area contributed by atoms with E-state index in [0.717, 1.165) is 11.1 Å². The number of hydrazone groups is 1. The van der Waals surface area contributed by atoms with Gasteiger partial charge in [-0.2, -0.15) is 5.10 Å². The van der Waals surface area contributed by atoms with Gasteiger partial charge in [-0.25, -0.2) is 5.43 Å². The zero-order valence-corrected chi connectivity index (χ0v) is 15.2. The highest BCUT2D eigenvalue weighted by atomic mass is 35.5. The molecule has 0 aliphatic heterocycles. The van der Waals surface area contributed by atoms with Gasteiger partial charge in [-0.15, -0.1) is 0 Å². The molecule has 3 aromatic rings. The molecule has 6 heteroatoms. The van der Waals surface area contributed by atoms with Crippen LogP contribution in [0, 0.1) is 0 Å². The number of anilines is 1. The average molecular weight is 380 g/mol. The maximum atomic E-state index is 12.0. The number of nitrogen functional groups attached to an aromatic ring is 1. The maximum absolute atomic E-state index is 12.0. The zero-order valence-electron chi connectivity index (χ0n) is 14.4. The molecule has 0 saturated heterocycles. The third-order valence-corrected chi connectivity index (χ3v) is 3.96. The van der Waals surface area contributed by atoms with Crippen LogP contribution in [0.15, 0.2) is 77.9 Å². The van der Waals surface area contributed by atoms with Crippen molar-refractivity contribution in [2.24, 2.45) is 5.10 Å². The van der Waals surface area contributed by atoms with Gasteiger partial charge in [0.1, 0.15) is 12.4 Å². The number of ether oxygens (including phenoxy) is 1. The molecule has 3 rings (SSSR count). The number of carbonyl (C=O) groups excluding carboxylic acids is 1. The summed E-state index contributed by atoms with van der Waals surface area (Å²) in [5, 5.41) is 4.67. The maximum Gasteiger partial charge on any atom is 0.271 e. The molecule has 0 unspecified atom stereocenters. The smallest absolute Gasteiger partial charge is 0.271 e. The summed E-state index contributed by atoms with van der Waals surface area (Å²) in [6.45, 7) is 0.434. The van der Waals surface area contributed by atoms with Crippen molar-refractivity contribution in [3.63, 3.8) is 0 Å². The first-order chi connectivity index (χ1) is 13.1. The summed E-state index contributed by atoms with van der Waals surface area (Å²) in [5.74, 6) is 0.379. The molecule has 0 heterocycles. The molecule has 0 aliphatic carbocycles. The molecular formula is C21H18ClN3O2. The molecule has 5 nitrogen and oxygen atoms in total. The predicted molar refractivity (Wildman–Crippen MR) is 108 cm³/mol. The Labute approximate surface area is 162 Å². The van der Waals surface area contributed by atoms with E-state index in [2.05, 4.69) is 10.5 Å². The minimum absolute atomic E-state index is 0.325. The Bertz CT molecular complexity index is 956. The van der Waals surface area contributed by atoms with E-state index in [1.54, 1.807) is 30.5 Å². The molecule has 0 aromatic heterocycles. The quantitative estimate of drug-likeness (QED) is 0.381. The number of benzene rings is 3. The highest BCUT2D eigenvalue weighted by molar-refractivity contribution is 6.30. The van der Waals surface area contributed by atoms with E-state index in [-0.39, 0.29) is 5.91 Å².